The van der Waals surface area contributed by atoms with E-state index in [2.05, 4.69) is 16.0 Å². The van der Waals surface area contributed by atoms with Gasteiger partial charge < -0.3 is 37.0 Å². The number of nitrogens with two attached hydrogens (primary N) is 1. The van der Waals surface area contributed by atoms with Gasteiger partial charge in [0, 0.05) is 0 Å². The van der Waals surface area contributed by atoms with E-state index in [0.717, 1.165) is 5.56 Å². The van der Waals surface area contributed by atoms with Gasteiger partial charge in [0.25, 0.3) is 0 Å². The van der Waals surface area contributed by atoms with E-state index in [1.807, 2.05) is 0 Å². The molecule has 13 heteroatoms. The van der Waals surface area contributed by atoms with Gasteiger partial charge in [-0.15, -0.1) is 0 Å². The molecule has 198 valence electrons. The lowest BCUT2D eigenvalue weighted by atomic mass is 9.98. The van der Waals surface area contributed by atoms with E-state index in [1.165, 1.54) is 0 Å². The third kappa shape index (κ3) is 10.1. The molecular weight excluding hydrogens is 476 g/mol. The topological polar surface area (TPSA) is 225 Å². The Morgan fingerprint density at radius 3 is 1.72 bits per heavy atom. The quantitative estimate of drug-likeness (QED) is 0.154. The van der Waals surface area contributed by atoms with Gasteiger partial charge in [0.1, 0.15) is 18.1 Å². The molecule has 0 aliphatic rings. The third-order valence-electron chi connectivity index (χ3n) is 5.44. The number of aliphatic carboxylic acids is 3. The van der Waals surface area contributed by atoms with Crippen molar-refractivity contribution in [1.82, 2.24) is 16.0 Å². The highest BCUT2D eigenvalue weighted by Gasteiger charge is 2.33. The van der Waals surface area contributed by atoms with Crippen molar-refractivity contribution in [3.05, 3.63) is 35.9 Å². The van der Waals surface area contributed by atoms with E-state index in [-0.39, 0.29) is 6.42 Å². The predicted octanol–water partition coefficient (Wildman–Crippen LogP) is -0.909. The molecule has 0 fully saturated rings. The first kappa shape index (κ1) is 30.0. The van der Waals surface area contributed by atoms with E-state index in [0.29, 0.717) is 6.42 Å². The number of rotatable bonds is 15. The minimum Gasteiger partial charge on any atom is -0.481 e. The van der Waals surface area contributed by atoms with Crippen molar-refractivity contribution in [2.45, 2.75) is 63.7 Å². The van der Waals surface area contributed by atoms with Crippen LogP contribution >= 0.6 is 0 Å². The van der Waals surface area contributed by atoms with Crippen molar-refractivity contribution in [3.63, 3.8) is 0 Å². The summed E-state index contributed by atoms with van der Waals surface area (Å²) in [6.45, 7) is 3.27. The standard InChI is InChI=1S/C23H32N4O9/c1-3-12(2)19(23(35)36)27-22(34)16(11-18(30)31)26-21(33)15(10-17(28)29)25-20(32)14(24)9-13-7-5-4-6-8-13/h4-8,12,14-16,19H,3,9-11,24H2,1-2H3,(H,25,32)(H,26,33)(H,27,34)(H,28,29)(H,30,31)(H,35,36). The summed E-state index contributed by atoms with van der Waals surface area (Å²) in [6, 6.07) is 2.84. The second-order valence-corrected chi connectivity index (χ2v) is 8.32. The van der Waals surface area contributed by atoms with Crippen molar-refractivity contribution < 1.29 is 44.1 Å². The number of nitrogens with one attached hydrogen (secondary N) is 3. The van der Waals surface area contributed by atoms with Crippen molar-refractivity contribution in [3.8, 4) is 0 Å². The van der Waals surface area contributed by atoms with Crippen LogP contribution in [0.25, 0.3) is 0 Å². The zero-order chi connectivity index (χ0) is 27.4. The fourth-order valence-corrected chi connectivity index (χ4v) is 3.22. The van der Waals surface area contributed by atoms with Crippen LogP contribution in [0.2, 0.25) is 0 Å². The SMILES string of the molecule is CCC(C)C(NC(=O)C(CC(=O)O)NC(=O)C(CC(=O)O)NC(=O)C(N)Cc1ccccc1)C(=O)O. The Balaban J connectivity index is 3.00. The van der Waals surface area contributed by atoms with Crippen LogP contribution in [-0.4, -0.2) is 75.1 Å². The summed E-state index contributed by atoms with van der Waals surface area (Å²) >= 11 is 0. The summed E-state index contributed by atoms with van der Waals surface area (Å²) < 4.78 is 0. The number of carboxylic acids is 3. The number of amides is 3. The molecule has 1 aromatic rings. The molecule has 3 amide bonds. The Kier molecular flexibility index (Phi) is 12.0. The predicted molar refractivity (Wildman–Crippen MR) is 126 cm³/mol. The first-order valence-electron chi connectivity index (χ1n) is 11.2. The van der Waals surface area contributed by atoms with Crippen LogP contribution in [0.15, 0.2) is 30.3 Å². The molecule has 1 aromatic carbocycles. The monoisotopic (exact) mass is 508 g/mol. The molecular formula is C23H32N4O9. The molecule has 0 aromatic heterocycles. The summed E-state index contributed by atoms with van der Waals surface area (Å²) in [5.74, 6) is -7.83. The van der Waals surface area contributed by atoms with Crippen LogP contribution in [0, 0.1) is 5.92 Å². The Bertz CT molecular complexity index is 954. The average Bonchev–Trinajstić information content (AvgIpc) is 2.80. The molecule has 0 saturated heterocycles. The first-order chi connectivity index (χ1) is 16.8. The molecule has 0 aliphatic carbocycles. The molecule has 5 unspecified atom stereocenters. The Hall–Kier alpha value is -4.00. The summed E-state index contributed by atoms with van der Waals surface area (Å²) in [6.07, 6.45) is -1.29. The largest absolute Gasteiger partial charge is 0.481 e. The smallest absolute Gasteiger partial charge is 0.326 e. The summed E-state index contributed by atoms with van der Waals surface area (Å²) in [4.78, 5) is 72.0. The van der Waals surface area contributed by atoms with Gasteiger partial charge in [-0.1, -0.05) is 50.6 Å². The molecule has 5 atom stereocenters. The maximum atomic E-state index is 12.8. The van der Waals surface area contributed by atoms with Gasteiger partial charge in [-0.3, -0.25) is 24.0 Å². The zero-order valence-electron chi connectivity index (χ0n) is 20.0. The molecule has 0 heterocycles. The second-order valence-electron chi connectivity index (χ2n) is 8.32. The van der Waals surface area contributed by atoms with Gasteiger partial charge in [-0.2, -0.15) is 0 Å². The van der Waals surface area contributed by atoms with Gasteiger partial charge in [0.2, 0.25) is 17.7 Å². The molecule has 1 rings (SSSR count). The van der Waals surface area contributed by atoms with E-state index >= 15 is 0 Å². The molecule has 0 saturated carbocycles. The van der Waals surface area contributed by atoms with E-state index in [9.17, 15) is 39.0 Å². The minimum atomic E-state index is -1.73. The molecule has 0 bridgehead atoms. The van der Waals surface area contributed by atoms with Crippen LogP contribution in [0.3, 0.4) is 0 Å². The van der Waals surface area contributed by atoms with Crippen molar-refractivity contribution in [1.29, 1.82) is 0 Å². The van der Waals surface area contributed by atoms with E-state index in [1.54, 1.807) is 44.2 Å². The lowest BCUT2D eigenvalue weighted by Gasteiger charge is -2.25. The van der Waals surface area contributed by atoms with Crippen LogP contribution in [0.1, 0.15) is 38.7 Å². The lowest BCUT2D eigenvalue weighted by Crippen LogP contribution is -2.58. The van der Waals surface area contributed by atoms with Crippen molar-refractivity contribution in [2.75, 3.05) is 0 Å². The van der Waals surface area contributed by atoms with Crippen LogP contribution in [0.5, 0.6) is 0 Å². The maximum absolute atomic E-state index is 12.8. The number of benzene rings is 1. The van der Waals surface area contributed by atoms with E-state index < -0.39 is 78.6 Å². The molecule has 13 nitrogen and oxygen atoms in total. The molecule has 8 N–H and O–H groups in total. The van der Waals surface area contributed by atoms with Gasteiger partial charge in [0.05, 0.1) is 18.9 Å². The van der Waals surface area contributed by atoms with E-state index in [4.69, 9.17) is 10.8 Å². The van der Waals surface area contributed by atoms with Crippen molar-refractivity contribution in [2.24, 2.45) is 11.7 Å². The minimum absolute atomic E-state index is 0.102. The van der Waals surface area contributed by atoms with Gasteiger partial charge in [-0.05, 0) is 17.9 Å². The third-order valence-corrected chi connectivity index (χ3v) is 5.44. The lowest BCUT2D eigenvalue weighted by molar-refractivity contribution is -0.145. The number of carboxylic acid groups (broad SMARTS) is 3. The Morgan fingerprint density at radius 1 is 0.806 bits per heavy atom. The molecule has 0 spiro atoms. The normalized spacial score (nSPS) is 14.9. The second kappa shape index (κ2) is 14.4. The summed E-state index contributed by atoms with van der Waals surface area (Å²) in [5.41, 5.74) is 6.61. The fourth-order valence-electron chi connectivity index (χ4n) is 3.22. The van der Waals surface area contributed by atoms with Crippen LogP contribution < -0.4 is 21.7 Å². The summed E-state index contributed by atoms with van der Waals surface area (Å²) in [7, 11) is 0. The van der Waals surface area contributed by atoms with Crippen LogP contribution in [0.4, 0.5) is 0 Å². The molecule has 0 radical (unpaired) electrons. The fraction of sp³-hybridized carbons (Fsp3) is 0.478. The van der Waals surface area contributed by atoms with Crippen LogP contribution in [-0.2, 0) is 35.2 Å². The molecule has 36 heavy (non-hydrogen) atoms. The number of carbonyl (C=O) groups excluding carboxylic acids is 3. The highest BCUT2D eigenvalue weighted by atomic mass is 16.4. The highest BCUT2D eigenvalue weighted by Crippen LogP contribution is 2.09. The number of hydrogen-bond acceptors (Lipinski definition) is 7. The highest BCUT2D eigenvalue weighted by molar-refractivity contribution is 5.96. The Morgan fingerprint density at radius 2 is 1.28 bits per heavy atom. The van der Waals surface area contributed by atoms with Gasteiger partial charge >= 0.3 is 17.9 Å². The van der Waals surface area contributed by atoms with Gasteiger partial charge in [-0.25, -0.2) is 4.79 Å². The Labute approximate surface area is 207 Å². The zero-order valence-corrected chi connectivity index (χ0v) is 20.0. The number of hydrogen-bond donors (Lipinski definition) is 7. The van der Waals surface area contributed by atoms with Gasteiger partial charge in [0.15, 0.2) is 0 Å². The first-order valence-corrected chi connectivity index (χ1v) is 11.2. The van der Waals surface area contributed by atoms with Crippen molar-refractivity contribution >= 4 is 35.6 Å². The molecule has 0 aliphatic heterocycles. The summed E-state index contributed by atoms with van der Waals surface area (Å²) in [5, 5.41) is 34.2. The number of carbonyl (C=O) groups is 6. The maximum Gasteiger partial charge on any atom is 0.326 e. The average molecular weight is 509 g/mol.